The predicted octanol–water partition coefficient (Wildman–Crippen LogP) is 2.86. The maximum atomic E-state index is 13.6. The molecule has 7 heteroatoms. The second-order valence-corrected chi connectivity index (χ2v) is 6.36. The zero-order valence-corrected chi connectivity index (χ0v) is 13.2. The maximum absolute atomic E-state index is 13.6. The van der Waals surface area contributed by atoms with Crippen molar-refractivity contribution >= 4 is 5.90 Å². The molecule has 0 bridgehead atoms. The van der Waals surface area contributed by atoms with E-state index >= 15 is 0 Å². The Morgan fingerprint density at radius 1 is 1.17 bits per heavy atom. The third kappa shape index (κ3) is 2.87. The fourth-order valence-corrected chi connectivity index (χ4v) is 2.71. The van der Waals surface area contributed by atoms with Crippen LogP contribution in [0.1, 0.15) is 19.4 Å². The van der Waals surface area contributed by atoms with Crippen LogP contribution in [0.3, 0.4) is 0 Å². The molecule has 2 aliphatic heterocycles. The maximum Gasteiger partial charge on any atom is 0.214 e. The summed E-state index contributed by atoms with van der Waals surface area (Å²) in [7, 11) is 1.99. The molecule has 2 heterocycles. The van der Waals surface area contributed by atoms with Gasteiger partial charge in [0.1, 0.15) is 24.9 Å². The van der Waals surface area contributed by atoms with Gasteiger partial charge < -0.3 is 14.5 Å². The minimum atomic E-state index is -1.21. The van der Waals surface area contributed by atoms with Crippen LogP contribution in [0.4, 0.5) is 13.2 Å². The lowest BCUT2D eigenvalue weighted by molar-refractivity contribution is 0.260. The Balaban J connectivity index is 1.72. The van der Waals surface area contributed by atoms with E-state index in [4.69, 9.17) is 4.74 Å². The first-order chi connectivity index (χ1) is 10.8. The minimum absolute atomic E-state index is 0.0109. The molecule has 2 aliphatic rings. The molecular weight excluding hydrogens is 307 g/mol. The van der Waals surface area contributed by atoms with Crippen LogP contribution >= 0.6 is 0 Å². The van der Waals surface area contributed by atoms with Crippen LogP contribution in [0.25, 0.3) is 0 Å². The van der Waals surface area contributed by atoms with Crippen molar-refractivity contribution in [3.8, 4) is 0 Å². The van der Waals surface area contributed by atoms with Gasteiger partial charge in [-0.15, -0.1) is 0 Å². The molecule has 124 valence electrons. The van der Waals surface area contributed by atoms with Gasteiger partial charge >= 0.3 is 0 Å². The van der Waals surface area contributed by atoms with Gasteiger partial charge in [0.25, 0.3) is 0 Å². The quantitative estimate of drug-likeness (QED) is 0.783. The Kier molecular flexibility index (Phi) is 3.74. The molecule has 1 aromatic rings. The normalized spacial score (nSPS) is 19.4. The van der Waals surface area contributed by atoms with E-state index in [1.54, 1.807) is 6.08 Å². The molecular formula is C16H18F3N3O. The molecule has 0 spiro atoms. The summed E-state index contributed by atoms with van der Waals surface area (Å²) in [5.41, 5.74) is -0.0595. The molecule has 23 heavy (non-hydrogen) atoms. The number of fused-ring (bicyclic) bond motifs is 1. The Morgan fingerprint density at radius 2 is 1.87 bits per heavy atom. The molecule has 0 saturated carbocycles. The van der Waals surface area contributed by atoms with E-state index in [0.717, 1.165) is 18.4 Å². The van der Waals surface area contributed by atoms with E-state index in [1.807, 2.05) is 7.05 Å². The van der Waals surface area contributed by atoms with Gasteiger partial charge in [0.15, 0.2) is 11.6 Å². The van der Waals surface area contributed by atoms with E-state index < -0.39 is 17.5 Å². The van der Waals surface area contributed by atoms with E-state index in [9.17, 15) is 13.2 Å². The summed E-state index contributed by atoms with van der Waals surface area (Å²) in [5, 5.41) is 0. The van der Waals surface area contributed by atoms with E-state index in [-0.39, 0.29) is 17.7 Å². The largest absolute Gasteiger partial charge is 0.473 e. The van der Waals surface area contributed by atoms with Crippen LogP contribution in [-0.2, 0) is 11.3 Å². The van der Waals surface area contributed by atoms with Crippen molar-refractivity contribution in [2.75, 3.05) is 20.3 Å². The van der Waals surface area contributed by atoms with Crippen molar-refractivity contribution in [1.29, 1.82) is 0 Å². The van der Waals surface area contributed by atoms with Gasteiger partial charge in [0.05, 0.1) is 5.54 Å². The number of ether oxygens (including phenoxy) is 1. The highest BCUT2D eigenvalue weighted by atomic mass is 19.2. The molecule has 0 aliphatic carbocycles. The van der Waals surface area contributed by atoms with Crippen LogP contribution in [-0.4, -0.2) is 41.5 Å². The summed E-state index contributed by atoms with van der Waals surface area (Å²) < 4.78 is 45.2. The van der Waals surface area contributed by atoms with Crippen molar-refractivity contribution in [2.45, 2.75) is 26.0 Å². The van der Waals surface area contributed by atoms with Crippen molar-refractivity contribution in [2.24, 2.45) is 4.99 Å². The lowest BCUT2D eigenvalue weighted by Gasteiger charge is -2.28. The Bertz CT molecular complexity index is 700. The first-order valence-electron chi connectivity index (χ1n) is 7.29. The van der Waals surface area contributed by atoms with Gasteiger partial charge in [-0.25, -0.2) is 18.2 Å². The zero-order valence-electron chi connectivity index (χ0n) is 13.2. The molecule has 1 saturated heterocycles. The third-order valence-electron chi connectivity index (χ3n) is 4.27. The van der Waals surface area contributed by atoms with E-state index in [1.165, 1.54) is 0 Å². The molecule has 0 N–H and O–H groups in total. The molecule has 3 rings (SSSR count). The molecule has 1 fully saturated rings. The topological polar surface area (TPSA) is 28.1 Å². The highest BCUT2D eigenvalue weighted by molar-refractivity contribution is 5.89. The Labute approximate surface area is 132 Å². The van der Waals surface area contributed by atoms with E-state index in [0.29, 0.717) is 18.6 Å². The molecule has 4 nitrogen and oxygen atoms in total. The number of nitrogens with zero attached hydrogens (tertiary/aromatic N) is 3. The number of halogens is 3. The van der Waals surface area contributed by atoms with Crippen LogP contribution < -0.4 is 0 Å². The Morgan fingerprint density at radius 3 is 2.61 bits per heavy atom. The monoisotopic (exact) mass is 325 g/mol. The summed E-state index contributed by atoms with van der Waals surface area (Å²) in [6.45, 7) is 5.35. The standard InChI is InChI=1S/C16H18F3N3O/c1-16(2)8-22-9-20-14(6-15(22)21(16)3)23-7-10-4-12(18)13(19)5-11(10)17/h4-6H,7-9H2,1-3H3. The van der Waals surface area contributed by atoms with Gasteiger partial charge in [-0.1, -0.05) is 0 Å². The summed E-state index contributed by atoms with van der Waals surface area (Å²) in [5.74, 6) is -1.82. The average Bonchev–Trinajstić information content (AvgIpc) is 2.71. The van der Waals surface area contributed by atoms with Gasteiger partial charge in [0, 0.05) is 31.3 Å². The number of hydrogen-bond donors (Lipinski definition) is 0. The molecule has 0 aromatic heterocycles. The predicted molar refractivity (Wildman–Crippen MR) is 80.0 cm³/mol. The molecule has 0 atom stereocenters. The molecule has 0 radical (unpaired) electrons. The minimum Gasteiger partial charge on any atom is -0.473 e. The number of hydrogen-bond acceptors (Lipinski definition) is 4. The van der Waals surface area contributed by atoms with Gasteiger partial charge in [0.2, 0.25) is 5.90 Å². The van der Waals surface area contributed by atoms with Crippen molar-refractivity contribution in [3.63, 3.8) is 0 Å². The second kappa shape index (κ2) is 5.47. The van der Waals surface area contributed by atoms with E-state index in [2.05, 4.69) is 28.6 Å². The second-order valence-electron chi connectivity index (χ2n) is 6.36. The molecule has 0 amide bonds. The fourth-order valence-electron chi connectivity index (χ4n) is 2.71. The first-order valence-corrected chi connectivity index (χ1v) is 7.29. The fraction of sp³-hybridized carbons (Fsp3) is 0.438. The van der Waals surface area contributed by atoms with Crippen LogP contribution in [0.5, 0.6) is 0 Å². The van der Waals surface area contributed by atoms with Gasteiger partial charge in [-0.3, -0.25) is 0 Å². The zero-order chi connectivity index (χ0) is 16.8. The van der Waals surface area contributed by atoms with Crippen LogP contribution in [0.15, 0.2) is 29.0 Å². The molecule has 0 unspecified atom stereocenters. The SMILES string of the molecule is CN1C2=CC(OCc3cc(F)c(F)cc3F)=NCN2CC1(C)C. The lowest BCUT2D eigenvalue weighted by Crippen LogP contribution is -2.36. The third-order valence-corrected chi connectivity index (χ3v) is 4.27. The van der Waals surface area contributed by atoms with Crippen LogP contribution in [0.2, 0.25) is 0 Å². The lowest BCUT2D eigenvalue weighted by atomic mass is 10.1. The summed E-state index contributed by atoms with van der Waals surface area (Å²) in [6.07, 6.45) is 1.77. The molecule has 1 aromatic carbocycles. The van der Waals surface area contributed by atoms with Crippen molar-refractivity contribution in [1.82, 2.24) is 9.80 Å². The summed E-state index contributed by atoms with van der Waals surface area (Å²) in [4.78, 5) is 8.53. The number of aliphatic imine (C=N–C) groups is 1. The number of likely N-dealkylation sites (N-methyl/N-ethyl adjacent to an activating group) is 1. The summed E-state index contributed by atoms with van der Waals surface area (Å²) in [6, 6.07) is 1.32. The van der Waals surface area contributed by atoms with Crippen molar-refractivity contribution in [3.05, 3.63) is 47.0 Å². The van der Waals surface area contributed by atoms with Gasteiger partial charge in [-0.2, -0.15) is 0 Å². The first kappa shape index (κ1) is 15.7. The number of benzene rings is 1. The van der Waals surface area contributed by atoms with Crippen LogP contribution in [0, 0.1) is 17.5 Å². The smallest absolute Gasteiger partial charge is 0.214 e. The average molecular weight is 325 g/mol. The summed E-state index contributed by atoms with van der Waals surface area (Å²) >= 11 is 0. The van der Waals surface area contributed by atoms with Gasteiger partial charge in [-0.05, 0) is 19.9 Å². The highest BCUT2D eigenvalue weighted by Crippen LogP contribution is 2.31. The number of rotatable bonds is 2. The highest BCUT2D eigenvalue weighted by Gasteiger charge is 2.38. The Hall–Kier alpha value is -2.18. The van der Waals surface area contributed by atoms with Crippen molar-refractivity contribution < 1.29 is 17.9 Å².